The summed E-state index contributed by atoms with van der Waals surface area (Å²) < 4.78 is 0. The monoisotopic (exact) mass is 414 g/mol. The van der Waals surface area contributed by atoms with E-state index in [1.165, 1.54) is 51.6 Å². The first kappa shape index (κ1) is 33.6. The number of piperidine rings is 2. The number of likely N-dealkylation sites (tertiary alicyclic amines) is 2. The third-order valence-electron chi connectivity index (χ3n) is 6.05. The van der Waals surface area contributed by atoms with E-state index < -0.39 is 0 Å². The summed E-state index contributed by atoms with van der Waals surface area (Å²) in [6, 6.07) is 3.16. The minimum Gasteiger partial charge on any atom is -0.298 e. The van der Waals surface area contributed by atoms with Gasteiger partial charge < -0.3 is 0 Å². The van der Waals surface area contributed by atoms with Crippen LogP contribution in [-0.4, -0.2) is 47.1 Å². The quantitative estimate of drug-likeness (QED) is 0.455. The average Bonchev–Trinajstić information content (AvgIpc) is 2.71. The van der Waals surface area contributed by atoms with E-state index in [1.807, 2.05) is 27.7 Å². The molecule has 180 valence electrons. The summed E-state index contributed by atoms with van der Waals surface area (Å²) in [4.78, 5) is 5.35. The molecule has 2 aliphatic rings. The summed E-state index contributed by atoms with van der Waals surface area (Å²) in [6.07, 6.45) is 8.51. The van der Waals surface area contributed by atoms with Crippen molar-refractivity contribution in [1.29, 1.82) is 0 Å². The molecule has 0 radical (unpaired) electrons. The van der Waals surface area contributed by atoms with Gasteiger partial charge in [0.25, 0.3) is 0 Å². The van der Waals surface area contributed by atoms with Crippen molar-refractivity contribution in [2.75, 3.05) is 13.1 Å². The average molecular weight is 415 g/mol. The Morgan fingerprint density at radius 1 is 0.517 bits per heavy atom. The van der Waals surface area contributed by atoms with E-state index in [0.29, 0.717) is 0 Å². The zero-order valence-electron chi connectivity index (χ0n) is 22.0. The third-order valence-corrected chi connectivity index (χ3v) is 6.05. The first-order chi connectivity index (χ1) is 13.3. The lowest BCUT2D eigenvalue weighted by atomic mass is 9.92. The second kappa shape index (κ2) is 19.9. The van der Waals surface area contributed by atoms with Gasteiger partial charge in [0.1, 0.15) is 0 Å². The molecule has 2 unspecified atom stereocenters. The fourth-order valence-electron chi connectivity index (χ4n) is 4.67. The molecular weight excluding hydrogens is 352 g/mol. The Morgan fingerprint density at radius 3 is 0.966 bits per heavy atom. The van der Waals surface area contributed by atoms with Crippen molar-refractivity contribution in [3.63, 3.8) is 0 Å². The van der Waals surface area contributed by atoms with E-state index in [1.54, 1.807) is 0 Å². The number of hydrogen-bond donors (Lipinski definition) is 0. The lowest BCUT2D eigenvalue weighted by Crippen LogP contribution is -2.46. The van der Waals surface area contributed by atoms with E-state index in [4.69, 9.17) is 0 Å². The molecule has 0 N–H and O–H groups in total. The molecule has 2 heterocycles. The maximum atomic E-state index is 2.67. The van der Waals surface area contributed by atoms with Gasteiger partial charge in [0.15, 0.2) is 0 Å². The van der Waals surface area contributed by atoms with Crippen LogP contribution in [0.4, 0.5) is 0 Å². The van der Waals surface area contributed by atoms with Crippen molar-refractivity contribution in [3.05, 3.63) is 0 Å². The van der Waals surface area contributed by atoms with Gasteiger partial charge in [0.2, 0.25) is 0 Å². The first-order valence-electron chi connectivity index (χ1n) is 12.8. The van der Waals surface area contributed by atoms with Crippen LogP contribution in [0.3, 0.4) is 0 Å². The zero-order chi connectivity index (χ0) is 22.3. The second-order valence-electron chi connectivity index (χ2n) is 9.28. The Hall–Kier alpha value is -0.0800. The molecule has 0 saturated carbocycles. The van der Waals surface area contributed by atoms with Crippen LogP contribution in [0.5, 0.6) is 0 Å². The van der Waals surface area contributed by atoms with E-state index in [2.05, 4.69) is 65.2 Å². The van der Waals surface area contributed by atoms with Crippen LogP contribution in [0, 0.1) is 11.8 Å². The maximum Gasteiger partial charge on any atom is 0.0121 e. The van der Waals surface area contributed by atoms with Gasteiger partial charge in [-0.2, -0.15) is 0 Å². The van der Waals surface area contributed by atoms with Crippen LogP contribution < -0.4 is 0 Å². The van der Waals surface area contributed by atoms with Crippen molar-refractivity contribution in [2.45, 2.75) is 153 Å². The Balaban J connectivity index is -0.000000386. The van der Waals surface area contributed by atoms with Crippen LogP contribution >= 0.6 is 0 Å². The molecule has 0 bridgehead atoms. The standard InChI is InChI=1S/2C11H23N.2C2H6.CH4/c2*1-9(2)11-7-5-6-8-12(11)10(3)4;2*1-2;/h2*9-11H,5-8H2,1-4H3;2*1-2H3;1H4. The summed E-state index contributed by atoms with van der Waals surface area (Å²) in [6.45, 7) is 29.3. The minimum atomic E-state index is 0. The highest BCUT2D eigenvalue weighted by molar-refractivity contribution is 4.82. The molecule has 2 aliphatic heterocycles. The van der Waals surface area contributed by atoms with Gasteiger partial charge >= 0.3 is 0 Å². The molecule has 0 amide bonds. The molecule has 0 aromatic heterocycles. The van der Waals surface area contributed by atoms with Crippen molar-refractivity contribution in [1.82, 2.24) is 9.80 Å². The molecule has 2 atom stereocenters. The summed E-state index contributed by atoms with van der Waals surface area (Å²) in [5.74, 6) is 1.65. The lowest BCUT2D eigenvalue weighted by molar-refractivity contribution is 0.0807. The topological polar surface area (TPSA) is 6.48 Å². The smallest absolute Gasteiger partial charge is 0.0121 e. The lowest BCUT2D eigenvalue weighted by Gasteiger charge is -2.40. The molecule has 0 aliphatic carbocycles. The van der Waals surface area contributed by atoms with Gasteiger partial charge in [0, 0.05) is 24.2 Å². The van der Waals surface area contributed by atoms with E-state index in [9.17, 15) is 0 Å². The maximum absolute atomic E-state index is 2.67. The van der Waals surface area contributed by atoms with Crippen LogP contribution in [0.15, 0.2) is 0 Å². The van der Waals surface area contributed by atoms with Gasteiger partial charge in [-0.25, -0.2) is 0 Å². The fourth-order valence-corrected chi connectivity index (χ4v) is 4.67. The van der Waals surface area contributed by atoms with Crippen LogP contribution in [0.2, 0.25) is 0 Å². The van der Waals surface area contributed by atoms with E-state index in [-0.39, 0.29) is 7.43 Å². The van der Waals surface area contributed by atoms with Gasteiger partial charge in [-0.05, 0) is 78.3 Å². The number of rotatable bonds is 4. The summed E-state index contributed by atoms with van der Waals surface area (Å²) >= 11 is 0. The molecule has 0 aromatic carbocycles. The van der Waals surface area contributed by atoms with E-state index >= 15 is 0 Å². The molecule has 2 nitrogen and oxygen atoms in total. The summed E-state index contributed by atoms with van der Waals surface area (Å²) in [5.41, 5.74) is 0. The van der Waals surface area contributed by atoms with Crippen molar-refractivity contribution in [2.24, 2.45) is 11.8 Å². The normalized spacial score (nSPS) is 22.8. The predicted octanol–water partition coefficient (Wildman–Crippen LogP) is 8.50. The summed E-state index contributed by atoms with van der Waals surface area (Å²) in [7, 11) is 0. The molecule has 2 rings (SSSR count). The molecule has 2 fully saturated rings. The second-order valence-corrected chi connectivity index (χ2v) is 9.28. The van der Waals surface area contributed by atoms with Gasteiger partial charge in [-0.15, -0.1) is 0 Å². The highest BCUT2D eigenvalue weighted by atomic mass is 15.2. The minimum absolute atomic E-state index is 0. The van der Waals surface area contributed by atoms with Gasteiger partial charge in [0.05, 0.1) is 0 Å². The van der Waals surface area contributed by atoms with E-state index in [0.717, 1.165) is 36.0 Å². The predicted molar refractivity (Wildman–Crippen MR) is 138 cm³/mol. The molecule has 2 saturated heterocycles. The van der Waals surface area contributed by atoms with Gasteiger partial charge in [-0.1, -0.05) is 75.7 Å². The van der Waals surface area contributed by atoms with Crippen molar-refractivity contribution < 1.29 is 0 Å². The highest BCUT2D eigenvalue weighted by Gasteiger charge is 2.27. The molecule has 29 heavy (non-hydrogen) atoms. The Labute approximate surface area is 188 Å². The third kappa shape index (κ3) is 13.0. The summed E-state index contributed by atoms with van der Waals surface area (Å²) in [5, 5.41) is 0. The van der Waals surface area contributed by atoms with Gasteiger partial charge in [-0.3, -0.25) is 9.80 Å². The largest absolute Gasteiger partial charge is 0.298 e. The molecular formula is C27H62N2. The highest BCUT2D eigenvalue weighted by Crippen LogP contribution is 2.25. The van der Waals surface area contributed by atoms with Crippen molar-refractivity contribution >= 4 is 0 Å². The SMILES string of the molecule is C.CC.CC.CC(C)C1CCCCN1C(C)C.CC(C)C1CCCCN1C(C)C. The van der Waals surface area contributed by atoms with Crippen LogP contribution in [-0.2, 0) is 0 Å². The fraction of sp³-hybridized carbons (Fsp3) is 1.00. The molecule has 0 aromatic rings. The van der Waals surface area contributed by atoms with Crippen LogP contribution in [0.25, 0.3) is 0 Å². The number of nitrogens with zero attached hydrogens (tertiary/aromatic N) is 2. The first-order valence-corrected chi connectivity index (χ1v) is 12.8. The Bertz CT molecular complexity index is 258. The Kier molecular flexibility index (Phi) is 23.0. The number of hydrogen-bond acceptors (Lipinski definition) is 2. The molecule has 0 spiro atoms. The van der Waals surface area contributed by atoms with Crippen molar-refractivity contribution in [3.8, 4) is 0 Å². The Morgan fingerprint density at radius 2 is 0.793 bits per heavy atom. The van der Waals surface area contributed by atoms with Crippen LogP contribution in [0.1, 0.15) is 129 Å². The zero-order valence-corrected chi connectivity index (χ0v) is 22.0. The molecule has 2 heteroatoms.